The standard InChI is InChI=1S/C18H20FN3O3S/c19-11-3-4-14-12(9-11)13(5-8-26-14)20-15(23)10-22-16(24)18(21-17(22)25)6-1-2-7-18/h3-4,9,13H,1-2,5-8,10H2,(H,20,23)(H,21,25)/t13-/m1/s1. The van der Waals surface area contributed by atoms with Crippen LogP contribution in [0.4, 0.5) is 9.18 Å². The molecule has 1 aromatic carbocycles. The number of nitrogens with zero attached hydrogens (tertiary/aromatic N) is 1. The third-order valence-corrected chi connectivity index (χ3v) is 6.47. The van der Waals surface area contributed by atoms with E-state index in [1.807, 2.05) is 0 Å². The topological polar surface area (TPSA) is 78.5 Å². The quantitative estimate of drug-likeness (QED) is 0.793. The number of rotatable bonds is 3. The van der Waals surface area contributed by atoms with Gasteiger partial charge in [0.1, 0.15) is 17.9 Å². The maximum absolute atomic E-state index is 13.6. The van der Waals surface area contributed by atoms with Crippen molar-refractivity contribution in [2.24, 2.45) is 0 Å². The molecule has 0 aromatic heterocycles. The Morgan fingerprint density at radius 3 is 2.88 bits per heavy atom. The molecule has 2 N–H and O–H groups in total. The fraction of sp³-hybridized carbons (Fsp3) is 0.500. The molecule has 2 heterocycles. The molecule has 1 aromatic rings. The second-order valence-electron chi connectivity index (χ2n) is 7.05. The molecule has 0 radical (unpaired) electrons. The summed E-state index contributed by atoms with van der Waals surface area (Å²) < 4.78 is 13.6. The van der Waals surface area contributed by atoms with Gasteiger partial charge in [0.25, 0.3) is 5.91 Å². The summed E-state index contributed by atoms with van der Waals surface area (Å²) in [5.41, 5.74) is -0.0618. The number of benzene rings is 1. The number of hydrogen-bond donors (Lipinski definition) is 2. The fourth-order valence-electron chi connectivity index (χ4n) is 4.04. The summed E-state index contributed by atoms with van der Waals surface area (Å²) in [6, 6.07) is 3.75. The molecule has 3 aliphatic rings. The first-order valence-corrected chi connectivity index (χ1v) is 9.83. The van der Waals surface area contributed by atoms with Gasteiger partial charge in [-0.15, -0.1) is 11.8 Å². The Bertz CT molecular complexity index is 779. The average molecular weight is 377 g/mol. The van der Waals surface area contributed by atoms with Crippen LogP contribution in [-0.2, 0) is 9.59 Å². The Labute approximate surface area is 154 Å². The fourth-order valence-corrected chi connectivity index (χ4v) is 5.14. The van der Waals surface area contributed by atoms with Gasteiger partial charge in [0, 0.05) is 10.6 Å². The Kier molecular flexibility index (Phi) is 4.38. The molecule has 26 heavy (non-hydrogen) atoms. The molecule has 4 amide bonds. The number of halogens is 1. The van der Waals surface area contributed by atoms with Gasteiger partial charge >= 0.3 is 6.03 Å². The van der Waals surface area contributed by atoms with Gasteiger partial charge in [-0.05, 0) is 43.0 Å². The molecular formula is C18H20FN3O3S. The van der Waals surface area contributed by atoms with E-state index in [0.29, 0.717) is 19.3 Å². The van der Waals surface area contributed by atoms with E-state index in [0.717, 1.165) is 34.0 Å². The third-order valence-electron chi connectivity index (χ3n) is 5.35. The first-order chi connectivity index (χ1) is 12.5. The van der Waals surface area contributed by atoms with Crippen molar-refractivity contribution >= 4 is 29.6 Å². The zero-order chi connectivity index (χ0) is 18.3. The van der Waals surface area contributed by atoms with Crippen LogP contribution in [0, 0.1) is 5.82 Å². The van der Waals surface area contributed by atoms with Gasteiger partial charge in [-0.2, -0.15) is 0 Å². The van der Waals surface area contributed by atoms with Gasteiger partial charge in [0.05, 0.1) is 6.04 Å². The van der Waals surface area contributed by atoms with Crippen LogP contribution in [0.1, 0.15) is 43.7 Å². The van der Waals surface area contributed by atoms with Crippen molar-refractivity contribution < 1.29 is 18.8 Å². The molecule has 2 aliphatic heterocycles. The smallest absolute Gasteiger partial charge is 0.325 e. The summed E-state index contributed by atoms with van der Waals surface area (Å²) in [5, 5.41) is 5.62. The van der Waals surface area contributed by atoms with Crippen molar-refractivity contribution in [1.29, 1.82) is 0 Å². The first-order valence-electron chi connectivity index (χ1n) is 8.84. The lowest BCUT2D eigenvalue weighted by molar-refractivity contribution is -0.135. The van der Waals surface area contributed by atoms with E-state index in [4.69, 9.17) is 0 Å². The number of amides is 4. The largest absolute Gasteiger partial charge is 0.348 e. The maximum Gasteiger partial charge on any atom is 0.325 e. The molecule has 6 nitrogen and oxygen atoms in total. The van der Waals surface area contributed by atoms with Crippen LogP contribution in [0.3, 0.4) is 0 Å². The summed E-state index contributed by atoms with van der Waals surface area (Å²) in [7, 11) is 0. The van der Waals surface area contributed by atoms with Crippen molar-refractivity contribution in [3.63, 3.8) is 0 Å². The van der Waals surface area contributed by atoms with Crippen LogP contribution < -0.4 is 10.6 Å². The lowest BCUT2D eigenvalue weighted by atomic mass is 9.98. The van der Waals surface area contributed by atoms with Crippen molar-refractivity contribution in [3.8, 4) is 0 Å². The van der Waals surface area contributed by atoms with Crippen molar-refractivity contribution in [3.05, 3.63) is 29.6 Å². The lowest BCUT2D eigenvalue weighted by Gasteiger charge is -2.26. The molecule has 2 fully saturated rings. The summed E-state index contributed by atoms with van der Waals surface area (Å²) >= 11 is 1.63. The molecule has 0 bridgehead atoms. The highest BCUT2D eigenvalue weighted by Gasteiger charge is 2.52. The number of hydrogen-bond acceptors (Lipinski definition) is 4. The van der Waals surface area contributed by atoms with E-state index in [1.165, 1.54) is 12.1 Å². The molecule has 1 aliphatic carbocycles. The molecule has 1 saturated carbocycles. The van der Waals surface area contributed by atoms with Crippen LogP contribution in [0.2, 0.25) is 0 Å². The van der Waals surface area contributed by atoms with E-state index in [2.05, 4.69) is 10.6 Å². The van der Waals surface area contributed by atoms with Gasteiger partial charge in [-0.25, -0.2) is 9.18 Å². The number of carbonyl (C=O) groups excluding carboxylic acids is 3. The van der Waals surface area contributed by atoms with E-state index in [9.17, 15) is 18.8 Å². The molecule has 0 unspecified atom stereocenters. The monoisotopic (exact) mass is 377 g/mol. The van der Waals surface area contributed by atoms with Crippen LogP contribution in [0.15, 0.2) is 23.1 Å². The van der Waals surface area contributed by atoms with Gasteiger partial charge < -0.3 is 10.6 Å². The summed E-state index contributed by atoms with van der Waals surface area (Å²) in [6.45, 7) is -0.305. The predicted octanol–water partition coefficient (Wildman–Crippen LogP) is 2.34. The SMILES string of the molecule is O=C(CN1C(=O)NC2(CCCC2)C1=O)N[C@@H]1CCSc2ccc(F)cc21. The minimum Gasteiger partial charge on any atom is -0.348 e. The van der Waals surface area contributed by atoms with E-state index in [1.54, 1.807) is 17.8 Å². The summed E-state index contributed by atoms with van der Waals surface area (Å²) in [6.07, 6.45) is 3.73. The van der Waals surface area contributed by atoms with Crippen LogP contribution in [0.5, 0.6) is 0 Å². The Hall–Kier alpha value is -2.09. The molecule has 138 valence electrons. The summed E-state index contributed by atoms with van der Waals surface area (Å²) in [5.74, 6) is -0.241. The highest BCUT2D eigenvalue weighted by molar-refractivity contribution is 7.99. The number of imide groups is 1. The van der Waals surface area contributed by atoms with Crippen LogP contribution in [0.25, 0.3) is 0 Å². The second-order valence-corrected chi connectivity index (χ2v) is 8.19. The zero-order valence-electron chi connectivity index (χ0n) is 14.2. The number of thioether (sulfide) groups is 1. The molecule has 1 atom stereocenters. The van der Waals surface area contributed by atoms with Gasteiger partial charge in [0.15, 0.2) is 0 Å². The Morgan fingerprint density at radius 1 is 1.35 bits per heavy atom. The Balaban J connectivity index is 1.45. The molecular weight excluding hydrogens is 357 g/mol. The minimum atomic E-state index is -0.811. The molecule has 8 heteroatoms. The summed E-state index contributed by atoms with van der Waals surface area (Å²) in [4.78, 5) is 39.2. The molecule has 4 rings (SSSR count). The highest BCUT2D eigenvalue weighted by atomic mass is 32.2. The van der Waals surface area contributed by atoms with E-state index >= 15 is 0 Å². The zero-order valence-corrected chi connectivity index (χ0v) is 15.0. The van der Waals surface area contributed by atoms with Crippen LogP contribution >= 0.6 is 11.8 Å². The van der Waals surface area contributed by atoms with Gasteiger partial charge in [-0.3, -0.25) is 14.5 Å². The number of urea groups is 1. The average Bonchev–Trinajstić information content (AvgIpc) is 3.17. The van der Waals surface area contributed by atoms with E-state index < -0.39 is 17.5 Å². The van der Waals surface area contributed by atoms with Crippen LogP contribution in [-0.4, -0.2) is 40.6 Å². The number of carbonyl (C=O) groups is 3. The van der Waals surface area contributed by atoms with E-state index in [-0.39, 0.29) is 24.3 Å². The van der Waals surface area contributed by atoms with Gasteiger partial charge in [-0.1, -0.05) is 12.8 Å². The number of fused-ring (bicyclic) bond motifs is 1. The molecule has 1 spiro atoms. The van der Waals surface area contributed by atoms with Crippen molar-refractivity contribution in [2.45, 2.75) is 48.6 Å². The molecule has 1 saturated heterocycles. The maximum atomic E-state index is 13.6. The first kappa shape index (κ1) is 17.3. The Morgan fingerprint density at radius 2 is 2.12 bits per heavy atom. The lowest BCUT2D eigenvalue weighted by Crippen LogP contribution is -2.45. The van der Waals surface area contributed by atoms with Crippen molar-refractivity contribution in [1.82, 2.24) is 15.5 Å². The third kappa shape index (κ3) is 2.96. The predicted molar refractivity (Wildman–Crippen MR) is 94.1 cm³/mol. The normalized spacial score (nSPS) is 23.9. The second kappa shape index (κ2) is 6.57. The highest BCUT2D eigenvalue weighted by Crippen LogP contribution is 2.37. The van der Waals surface area contributed by atoms with Crippen molar-refractivity contribution in [2.75, 3.05) is 12.3 Å². The van der Waals surface area contributed by atoms with Gasteiger partial charge in [0.2, 0.25) is 5.91 Å². The number of nitrogens with one attached hydrogen (secondary N) is 2. The minimum absolute atomic E-state index is 0.305.